The maximum absolute atomic E-state index is 12.5. The van der Waals surface area contributed by atoms with E-state index in [1.54, 1.807) is 12.1 Å². The summed E-state index contributed by atoms with van der Waals surface area (Å²) in [4.78, 5) is 0. The molecule has 0 fully saturated rings. The van der Waals surface area contributed by atoms with Crippen molar-refractivity contribution in [2.45, 2.75) is 13.0 Å². The number of rotatable bonds is 4. The third kappa shape index (κ3) is 3.13. The van der Waals surface area contributed by atoms with Crippen LogP contribution in [0.15, 0.2) is 24.3 Å². The van der Waals surface area contributed by atoms with Crippen molar-refractivity contribution in [2.75, 3.05) is 13.1 Å². The van der Waals surface area contributed by atoms with Gasteiger partial charge >= 0.3 is 0 Å². The van der Waals surface area contributed by atoms with Crippen LogP contribution in [0.5, 0.6) is 0 Å². The van der Waals surface area contributed by atoms with Crippen LogP contribution < -0.4 is 5.32 Å². The molecule has 0 radical (unpaired) electrons. The van der Waals surface area contributed by atoms with E-state index < -0.39 is 6.10 Å². The molecule has 0 saturated heterocycles. The Morgan fingerprint density at radius 1 is 1.38 bits per heavy atom. The molecule has 0 saturated carbocycles. The smallest absolute Gasteiger partial charge is 0.123 e. The summed E-state index contributed by atoms with van der Waals surface area (Å²) in [6.45, 7) is 3.29. The highest BCUT2D eigenvalue weighted by Crippen LogP contribution is 2.11. The van der Waals surface area contributed by atoms with Crippen LogP contribution in [0.25, 0.3) is 0 Å². The van der Waals surface area contributed by atoms with Crippen molar-refractivity contribution >= 4 is 0 Å². The summed E-state index contributed by atoms with van der Waals surface area (Å²) >= 11 is 0. The maximum atomic E-state index is 12.5. The lowest BCUT2D eigenvalue weighted by Gasteiger charge is -2.10. The topological polar surface area (TPSA) is 32.3 Å². The average Bonchev–Trinajstić information content (AvgIpc) is 2.15. The summed E-state index contributed by atoms with van der Waals surface area (Å²) in [5.41, 5.74) is 0.738. The Bertz CT molecular complexity index is 248. The zero-order valence-electron chi connectivity index (χ0n) is 7.63. The lowest BCUT2D eigenvalue weighted by molar-refractivity contribution is 0.175. The van der Waals surface area contributed by atoms with E-state index >= 15 is 0 Å². The van der Waals surface area contributed by atoms with E-state index in [1.165, 1.54) is 12.1 Å². The number of benzene rings is 1. The van der Waals surface area contributed by atoms with Gasteiger partial charge in [-0.05, 0) is 24.2 Å². The molecule has 0 aliphatic rings. The first-order valence-corrected chi connectivity index (χ1v) is 4.38. The molecule has 0 aliphatic heterocycles. The lowest BCUT2D eigenvalue weighted by atomic mass is 10.1. The van der Waals surface area contributed by atoms with E-state index in [0.29, 0.717) is 6.54 Å². The van der Waals surface area contributed by atoms with Gasteiger partial charge in [0.25, 0.3) is 0 Å². The van der Waals surface area contributed by atoms with Crippen molar-refractivity contribution in [3.8, 4) is 0 Å². The van der Waals surface area contributed by atoms with E-state index in [0.717, 1.165) is 12.1 Å². The largest absolute Gasteiger partial charge is 0.387 e. The number of hydrogen-bond donors (Lipinski definition) is 2. The Morgan fingerprint density at radius 3 is 2.54 bits per heavy atom. The molecule has 13 heavy (non-hydrogen) atoms. The van der Waals surface area contributed by atoms with Crippen LogP contribution in [0.2, 0.25) is 0 Å². The van der Waals surface area contributed by atoms with Gasteiger partial charge in [-0.3, -0.25) is 0 Å². The summed E-state index contributed by atoms with van der Waals surface area (Å²) in [5.74, 6) is -0.278. The van der Waals surface area contributed by atoms with E-state index in [9.17, 15) is 9.50 Å². The van der Waals surface area contributed by atoms with Gasteiger partial charge in [0.15, 0.2) is 0 Å². The fourth-order valence-corrected chi connectivity index (χ4v) is 1.08. The predicted octanol–water partition coefficient (Wildman–Crippen LogP) is 1.47. The zero-order chi connectivity index (χ0) is 9.68. The monoisotopic (exact) mass is 183 g/mol. The van der Waals surface area contributed by atoms with E-state index in [2.05, 4.69) is 5.32 Å². The van der Waals surface area contributed by atoms with Gasteiger partial charge < -0.3 is 10.4 Å². The summed E-state index contributed by atoms with van der Waals surface area (Å²) in [7, 11) is 0. The first-order valence-electron chi connectivity index (χ1n) is 4.38. The number of aliphatic hydroxyl groups excluding tert-OH is 1. The lowest BCUT2D eigenvalue weighted by Crippen LogP contribution is -2.20. The van der Waals surface area contributed by atoms with Crippen LogP contribution >= 0.6 is 0 Å². The highest BCUT2D eigenvalue weighted by molar-refractivity contribution is 5.18. The number of halogens is 1. The van der Waals surface area contributed by atoms with E-state index in [1.807, 2.05) is 6.92 Å². The number of nitrogens with one attached hydrogen (secondary N) is 1. The number of hydrogen-bond acceptors (Lipinski definition) is 2. The minimum absolute atomic E-state index is 0.278. The average molecular weight is 183 g/mol. The molecule has 1 rings (SSSR count). The van der Waals surface area contributed by atoms with Gasteiger partial charge in [-0.25, -0.2) is 4.39 Å². The SMILES string of the molecule is CCNC[C@@H](O)c1ccc(F)cc1. The molecular formula is C10H14FNO. The van der Waals surface area contributed by atoms with Crippen LogP contribution in [-0.4, -0.2) is 18.2 Å². The van der Waals surface area contributed by atoms with Gasteiger partial charge in [-0.1, -0.05) is 19.1 Å². The van der Waals surface area contributed by atoms with Crippen molar-refractivity contribution in [2.24, 2.45) is 0 Å². The molecule has 3 heteroatoms. The Morgan fingerprint density at radius 2 is 2.00 bits per heavy atom. The Hall–Kier alpha value is -0.930. The van der Waals surface area contributed by atoms with Gasteiger partial charge in [0.1, 0.15) is 5.82 Å². The fourth-order valence-electron chi connectivity index (χ4n) is 1.08. The maximum Gasteiger partial charge on any atom is 0.123 e. The normalized spacial score (nSPS) is 12.8. The second kappa shape index (κ2) is 4.94. The second-order valence-corrected chi connectivity index (χ2v) is 2.88. The molecule has 0 aliphatic carbocycles. The fraction of sp³-hybridized carbons (Fsp3) is 0.400. The molecule has 0 aromatic heterocycles. The second-order valence-electron chi connectivity index (χ2n) is 2.88. The minimum atomic E-state index is -0.555. The predicted molar refractivity (Wildman–Crippen MR) is 49.9 cm³/mol. The first kappa shape index (κ1) is 10.2. The number of likely N-dealkylation sites (N-methyl/N-ethyl adjacent to an activating group) is 1. The molecule has 0 spiro atoms. The van der Waals surface area contributed by atoms with Crippen LogP contribution in [0, 0.1) is 5.82 Å². The zero-order valence-corrected chi connectivity index (χ0v) is 7.63. The van der Waals surface area contributed by atoms with Crippen molar-refractivity contribution in [1.29, 1.82) is 0 Å². The highest BCUT2D eigenvalue weighted by Gasteiger charge is 2.05. The summed E-state index contributed by atoms with van der Waals surface area (Å²) in [5, 5.41) is 12.6. The van der Waals surface area contributed by atoms with Crippen LogP contribution in [-0.2, 0) is 0 Å². The quantitative estimate of drug-likeness (QED) is 0.740. The Kier molecular flexibility index (Phi) is 3.86. The Balaban J connectivity index is 2.55. The molecule has 2 nitrogen and oxygen atoms in total. The van der Waals surface area contributed by atoms with Gasteiger partial charge in [0, 0.05) is 6.54 Å². The van der Waals surface area contributed by atoms with E-state index in [-0.39, 0.29) is 5.82 Å². The Labute approximate surface area is 77.4 Å². The molecule has 0 amide bonds. The van der Waals surface area contributed by atoms with Crippen LogP contribution in [0.4, 0.5) is 4.39 Å². The first-order chi connectivity index (χ1) is 6.24. The molecule has 0 unspecified atom stereocenters. The summed E-state index contributed by atoms with van der Waals surface area (Å²) < 4.78 is 12.5. The standard InChI is InChI=1S/C10H14FNO/c1-2-12-7-10(13)8-3-5-9(11)6-4-8/h3-6,10,12-13H,2,7H2,1H3/t10-/m1/s1. The molecular weight excluding hydrogens is 169 g/mol. The molecule has 1 aromatic rings. The van der Waals surface area contributed by atoms with Gasteiger partial charge in [0.2, 0.25) is 0 Å². The number of aliphatic hydroxyl groups is 1. The van der Waals surface area contributed by atoms with Gasteiger partial charge in [0.05, 0.1) is 6.10 Å². The van der Waals surface area contributed by atoms with Crippen LogP contribution in [0.1, 0.15) is 18.6 Å². The molecule has 0 heterocycles. The van der Waals surface area contributed by atoms with Crippen LogP contribution in [0.3, 0.4) is 0 Å². The van der Waals surface area contributed by atoms with Crippen molar-refractivity contribution in [3.63, 3.8) is 0 Å². The molecule has 1 atom stereocenters. The molecule has 72 valence electrons. The van der Waals surface area contributed by atoms with Crippen molar-refractivity contribution in [1.82, 2.24) is 5.32 Å². The van der Waals surface area contributed by atoms with Crippen molar-refractivity contribution < 1.29 is 9.50 Å². The summed E-state index contributed by atoms with van der Waals surface area (Å²) in [6.07, 6.45) is -0.555. The van der Waals surface area contributed by atoms with Gasteiger partial charge in [-0.15, -0.1) is 0 Å². The molecule has 1 aromatic carbocycles. The van der Waals surface area contributed by atoms with Crippen molar-refractivity contribution in [3.05, 3.63) is 35.6 Å². The molecule has 0 bridgehead atoms. The third-order valence-corrected chi connectivity index (χ3v) is 1.84. The highest BCUT2D eigenvalue weighted by atomic mass is 19.1. The van der Waals surface area contributed by atoms with Gasteiger partial charge in [-0.2, -0.15) is 0 Å². The third-order valence-electron chi connectivity index (χ3n) is 1.84. The summed E-state index contributed by atoms with van der Waals surface area (Å²) in [6, 6.07) is 5.89. The van der Waals surface area contributed by atoms with E-state index in [4.69, 9.17) is 0 Å². The minimum Gasteiger partial charge on any atom is -0.387 e. The molecule has 2 N–H and O–H groups in total.